The lowest BCUT2D eigenvalue weighted by Gasteiger charge is -2.11. The zero-order valence-corrected chi connectivity index (χ0v) is 7.26. The summed E-state index contributed by atoms with van der Waals surface area (Å²) in [5.41, 5.74) is 5.30. The summed E-state index contributed by atoms with van der Waals surface area (Å²) >= 11 is 0. The maximum Gasteiger partial charge on any atom is 0.162 e. The van der Waals surface area contributed by atoms with Gasteiger partial charge in [-0.05, 0) is 19.1 Å². The van der Waals surface area contributed by atoms with Gasteiger partial charge in [0.1, 0.15) is 11.9 Å². The van der Waals surface area contributed by atoms with Crippen LogP contribution >= 0.6 is 0 Å². The smallest absolute Gasteiger partial charge is 0.162 e. The van der Waals surface area contributed by atoms with E-state index in [-0.39, 0.29) is 11.9 Å². The summed E-state index contributed by atoms with van der Waals surface area (Å²) in [5, 5.41) is 0. The normalized spacial score (nSPS) is 12.6. The quantitative estimate of drug-likeness (QED) is 0.781. The van der Waals surface area contributed by atoms with Crippen molar-refractivity contribution in [2.75, 3.05) is 6.54 Å². The molecule has 0 spiro atoms. The average Bonchev–Trinajstić information content (AvgIpc) is 2.11. The van der Waals surface area contributed by atoms with Crippen molar-refractivity contribution in [1.82, 2.24) is 0 Å². The minimum absolute atomic E-state index is 0.204. The number of nitrogens with two attached hydrogens (primary N) is 1. The monoisotopic (exact) mass is 187 g/mol. The van der Waals surface area contributed by atoms with Crippen molar-refractivity contribution in [3.05, 3.63) is 29.8 Å². The van der Waals surface area contributed by atoms with Crippen LogP contribution in [0.1, 0.15) is 6.92 Å². The van der Waals surface area contributed by atoms with Crippen LogP contribution in [-0.4, -0.2) is 12.6 Å². The Bertz CT molecular complexity index is 291. The van der Waals surface area contributed by atoms with Crippen molar-refractivity contribution in [2.45, 2.75) is 13.0 Å². The van der Waals surface area contributed by atoms with E-state index in [4.69, 9.17) is 10.5 Å². The molecule has 0 aromatic heterocycles. The van der Waals surface area contributed by atoms with Crippen LogP contribution in [-0.2, 0) is 0 Å². The van der Waals surface area contributed by atoms with Gasteiger partial charge in [0.05, 0.1) is 0 Å². The fourth-order valence-corrected chi connectivity index (χ4v) is 0.831. The molecule has 1 atom stereocenters. The van der Waals surface area contributed by atoms with Gasteiger partial charge in [-0.1, -0.05) is 0 Å². The van der Waals surface area contributed by atoms with Crippen LogP contribution in [0.2, 0.25) is 0 Å². The lowest BCUT2D eigenvalue weighted by Crippen LogP contribution is -2.22. The number of rotatable bonds is 3. The summed E-state index contributed by atoms with van der Waals surface area (Å²) in [7, 11) is 0. The predicted molar refractivity (Wildman–Crippen MR) is 45.5 cm³/mol. The summed E-state index contributed by atoms with van der Waals surface area (Å²) in [6, 6.07) is 3.39. The first-order chi connectivity index (χ1) is 6.13. The maximum absolute atomic E-state index is 12.6. The van der Waals surface area contributed by atoms with Gasteiger partial charge in [0.25, 0.3) is 0 Å². The Morgan fingerprint density at radius 2 is 2.08 bits per heavy atom. The van der Waals surface area contributed by atoms with E-state index in [0.717, 1.165) is 12.1 Å². The van der Waals surface area contributed by atoms with E-state index in [1.165, 1.54) is 6.07 Å². The highest BCUT2D eigenvalue weighted by atomic mass is 19.2. The molecular weight excluding hydrogens is 176 g/mol. The topological polar surface area (TPSA) is 35.2 Å². The van der Waals surface area contributed by atoms with Crippen molar-refractivity contribution < 1.29 is 13.5 Å². The molecule has 2 N–H and O–H groups in total. The predicted octanol–water partition coefficient (Wildman–Crippen LogP) is 1.69. The van der Waals surface area contributed by atoms with Crippen molar-refractivity contribution in [2.24, 2.45) is 5.73 Å². The Hall–Kier alpha value is -1.16. The first kappa shape index (κ1) is 9.92. The van der Waals surface area contributed by atoms with Gasteiger partial charge in [-0.2, -0.15) is 0 Å². The van der Waals surface area contributed by atoms with Crippen LogP contribution in [0.3, 0.4) is 0 Å². The Balaban J connectivity index is 2.73. The minimum Gasteiger partial charge on any atom is -0.489 e. The number of benzene rings is 1. The average molecular weight is 187 g/mol. The number of hydrogen-bond acceptors (Lipinski definition) is 2. The van der Waals surface area contributed by atoms with Crippen molar-refractivity contribution >= 4 is 0 Å². The number of ether oxygens (including phenoxy) is 1. The molecule has 0 fully saturated rings. The molecule has 0 amide bonds. The number of hydrogen-bond donors (Lipinski definition) is 1. The molecular formula is C9H11F2NO. The molecule has 1 aromatic carbocycles. The zero-order valence-electron chi connectivity index (χ0n) is 7.26. The van der Waals surface area contributed by atoms with Crippen LogP contribution in [0.25, 0.3) is 0 Å². The Labute approximate surface area is 75.3 Å². The summed E-state index contributed by atoms with van der Waals surface area (Å²) in [4.78, 5) is 0. The lowest BCUT2D eigenvalue weighted by atomic mass is 10.3. The van der Waals surface area contributed by atoms with Gasteiger partial charge in [-0.3, -0.25) is 0 Å². The zero-order chi connectivity index (χ0) is 9.84. The summed E-state index contributed by atoms with van der Waals surface area (Å²) < 4.78 is 30.3. The maximum atomic E-state index is 12.6. The second-order valence-corrected chi connectivity index (χ2v) is 2.74. The molecule has 72 valence electrons. The molecule has 0 aliphatic carbocycles. The largest absolute Gasteiger partial charge is 0.489 e. The van der Waals surface area contributed by atoms with E-state index in [9.17, 15) is 8.78 Å². The molecule has 1 aromatic rings. The van der Waals surface area contributed by atoms with Crippen LogP contribution in [0.15, 0.2) is 18.2 Å². The standard InChI is InChI=1S/C9H11F2NO/c1-6(5-12)13-7-2-3-8(10)9(11)4-7/h2-4,6H,5,12H2,1H3. The summed E-state index contributed by atoms with van der Waals surface area (Å²) in [6.07, 6.45) is -0.204. The van der Waals surface area contributed by atoms with Gasteiger partial charge in [0.2, 0.25) is 0 Å². The molecule has 0 saturated carbocycles. The van der Waals surface area contributed by atoms with Crippen LogP contribution in [0.4, 0.5) is 8.78 Å². The van der Waals surface area contributed by atoms with Crippen molar-refractivity contribution in [1.29, 1.82) is 0 Å². The van der Waals surface area contributed by atoms with E-state index < -0.39 is 11.6 Å². The highest BCUT2D eigenvalue weighted by Gasteiger charge is 2.05. The molecule has 1 rings (SSSR count). The van der Waals surface area contributed by atoms with E-state index >= 15 is 0 Å². The van der Waals surface area contributed by atoms with E-state index in [0.29, 0.717) is 6.54 Å². The fourth-order valence-electron chi connectivity index (χ4n) is 0.831. The molecule has 13 heavy (non-hydrogen) atoms. The van der Waals surface area contributed by atoms with Gasteiger partial charge in [0, 0.05) is 12.6 Å². The molecule has 0 saturated heterocycles. The highest BCUT2D eigenvalue weighted by Crippen LogP contribution is 2.16. The van der Waals surface area contributed by atoms with E-state index in [1.54, 1.807) is 6.92 Å². The molecule has 0 heterocycles. The molecule has 2 nitrogen and oxygen atoms in total. The van der Waals surface area contributed by atoms with Gasteiger partial charge in [-0.15, -0.1) is 0 Å². The van der Waals surface area contributed by atoms with Crippen LogP contribution in [0, 0.1) is 11.6 Å². The fraction of sp³-hybridized carbons (Fsp3) is 0.333. The van der Waals surface area contributed by atoms with E-state index in [2.05, 4.69) is 0 Å². The van der Waals surface area contributed by atoms with Gasteiger partial charge in [-0.25, -0.2) is 8.78 Å². The minimum atomic E-state index is -0.915. The molecule has 4 heteroatoms. The van der Waals surface area contributed by atoms with Crippen molar-refractivity contribution in [3.63, 3.8) is 0 Å². The van der Waals surface area contributed by atoms with Gasteiger partial charge in [0.15, 0.2) is 11.6 Å². The van der Waals surface area contributed by atoms with Crippen LogP contribution < -0.4 is 10.5 Å². The van der Waals surface area contributed by atoms with Crippen LogP contribution in [0.5, 0.6) is 5.75 Å². The van der Waals surface area contributed by atoms with Gasteiger partial charge < -0.3 is 10.5 Å². The highest BCUT2D eigenvalue weighted by molar-refractivity contribution is 5.23. The molecule has 0 aliphatic rings. The molecule has 1 unspecified atom stereocenters. The molecule has 0 aliphatic heterocycles. The third-order valence-corrected chi connectivity index (χ3v) is 1.56. The second kappa shape index (κ2) is 4.18. The molecule has 0 bridgehead atoms. The Morgan fingerprint density at radius 3 is 2.62 bits per heavy atom. The van der Waals surface area contributed by atoms with E-state index in [1.807, 2.05) is 0 Å². The van der Waals surface area contributed by atoms with Gasteiger partial charge >= 0.3 is 0 Å². The summed E-state index contributed by atoms with van der Waals surface area (Å²) in [5.74, 6) is -1.51. The third kappa shape index (κ3) is 2.66. The number of halogens is 2. The summed E-state index contributed by atoms with van der Waals surface area (Å²) in [6.45, 7) is 2.08. The first-order valence-corrected chi connectivity index (χ1v) is 3.95. The molecule has 0 radical (unpaired) electrons. The third-order valence-electron chi connectivity index (χ3n) is 1.56. The Morgan fingerprint density at radius 1 is 1.38 bits per heavy atom. The lowest BCUT2D eigenvalue weighted by molar-refractivity contribution is 0.228. The SMILES string of the molecule is CC(CN)Oc1ccc(F)c(F)c1. The van der Waals surface area contributed by atoms with Crippen molar-refractivity contribution in [3.8, 4) is 5.75 Å². The second-order valence-electron chi connectivity index (χ2n) is 2.74. The first-order valence-electron chi connectivity index (χ1n) is 3.95. The Kier molecular flexibility index (Phi) is 3.19.